The van der Waals surface area contributed by atoms with Crippen LogP contribution in [0, 0.1) is 0 Å². The first kappa shape index (κ1) is 12.3. The van der Waals surface area contributed by atoms with Gasteiger partial charge in [-0.1, -0.05) is 34.8 Å². The van der Waals surface area contributed by atoms with Crippen molar-refractivity contribution in [3.8, 4) is 0 Å². The van der Waals surface area contributed by atoms with Crippen molar-refractivity contribution in [2.24, 2.45) is 0 Å². The maximum absolute atomic E-state index is 10.3. The summed E-state index contributed by atoms with van der Waals surface area (Å²) in [5, 5.41) is -1.19. The molecule has 0 aliphatic rings. The molecule has 0 aromatic rings. The molecule has 0 radical (unpaired) electrons. The van der Waals surface area contributed by atoms with E-state index in [0.717, 1.165) is 0 Å². The molecular formula is C3H5Cl4O3P. The second-order valence-corrected chi connectivity index (χ2v) is 6.45. The standard InChI is InChI=1S/C3H5Cl4O3P/c4-2(3(5,6)7)1-11(8,9)10/h2H,1H2,(H2,8,9,10). The lowest BCUT2D eigenvalue weighted by Gasteiger charge is -2.17. The minimum atomic E-state index is -4.20. The fraction of sp³-hybridized carbons (Fsp3) is 1.00. The van der Waals surface area contributed by atoms with Crippen LogP contribution in [0.15, 0.2) is 0 Å². The average molecular weight is 262 g/mol. The Morgan fingerprint density at radius 3 is 1.82 bits per heavy atom. The van der Waals surface area contributed by atoms with E-state index in [2.05, 4.69) is 0 Å². The molecule has 0 amide bonds. The molecule has 68 valence electrons. The number of alkyl halides is 4. The van der Waals surface area contributed by atoms with E-state index in [1.165, 1.54) is 0 Å². The van der Waals surface area contributed by atoms with Gasteiger partial charge in [0.1, 0.15) is 0 Å². The van der Waals surface area contributed by atoms with Crippen LogP contribution in [0.1, 0.15) is 0 Å². The van der Waals surface area contributed by atoms with Gasteiger partial charge in [-0.15, -0.1) is 11.6 Å². The van der Waals surface area contributed by atoms with E-state index in [-0.39, 0.29) is 0 Å². The molecule has 0 saturated carbocycles. The Bertz CT molecular complexity index is 172. The summed E-state index contributed by atoms with van der Waals surface area (Å²) in [5.74, 6) is 0. The van der Waals surface area contributed by atoms with Gasteiger partial charge in [-0.25, -0.2) is 0 Å². The third kappa shape index (κ3) is 6.47. The molecule has 0 rings (SSSR count). The van der Waals surface area contributed by atoms with E-state index in [1.807, 2.05) is 0 Å². The molecule has 0 aromatic heterocycles. The molecular weight excluding hydrogens is 257 g/mol. The Morgan fingerprint density at radius 1 is 1.36 bits per heavy atom. The van der Waals surface area contributed by atoms with Crippen LogP contribution in [0.4, 0.5) is 0 Å². The summed E-state index contributed by atoms with van der Waals surface area (Å²) >= 11 is 21.1. The third-order valence-corrected chi connectivity index (χ3v) is 3.42. The first-order valence-electron chi connectivity index (χ1n) is 2.38. The van der Waals surface area contributed by atoms with Gasteiger partial charge >= 0.3 is 7.60 Å². The van der Waals surface area contributed by atoms with Crippen LogP contribution in [-0.2, 0) is 4.57 Å². The van der Waals surface area contributed by atoms with E-state index >= 15 is 0 Å². The van der Waals surface area contributed by atoms with E-state index in [9.17, 15) is 4.57 Å². The Labute approximate surface area is 83.7 Å². The summed E-state index contributed by atoms with van der Waals surface area (Å²) < 4.78 is 8.48. The van der Waals surface area contributed by atoms with Crippen LogP contribution in [0.5, 0.6) is 0 Å². The summed E-state index contributed by atoms with van der Waals surface area (Å²) in [4.78, 5) is 16.8. The molecule has 0 aliphatic heterocycles. The molecule has 8 heteroatoms. The third-order valence-electron chi connectivity index (χ3n) is 0.753. The van der Waals surface area contributed by atoms with Crippen molar-refractivity contribution in [3.63, 3.8) is 0 Å². The van der Waals surface area contributed by atoms with Crippen molar-refractivity contribution in [1.29, 1.82) is 0 Å². The lowest BCUT2D eigenvalue weighted by Crippen LogP contribution is -2.23. The smallest absolute Gasteiger partial charge is 0.324 e. The van der Waals surface area contributed by atoms with Gasteiger partial charge in [-0.2, -0.15) is 0 Å². The molecule has 0 saturated heterocycles. The van der Waals surface area contributed by atoms with Crippen molar-refractivity contribution in [3.05, 3.63) is 0 Å². The Kier molecular flexibility index (Phi) is 4.49. The van der Waals surface area contributed by atoms with Crippen LogP contribution >= 0.6 is 54.0 Å². The number of hydrogen-bond donors (Lipinski definition) is 2. The average Bonchev–Trinajstić information content (AvgIpc) is 1.56. The highest BCUT2D eigenvalue weighted by atomic mass is 35.6. The summed E-state index contributed by atoms with van der Waals surface area (Å²) in [6.07, 6.45) is -0.648. The maximum Gasteiger partial charge on any atom is 0.327 e. The Balaban J connectivity index is 4.10. The zero-order valence-electron chi connectivity index (χ0n) is 5.05. The second kappa shape index (κ2) is 4.01. The van der Waals surface area contributed by atoms with Crippen LogP contribution in [0.3, 0.4) is 0 Å². The van der Waals surface area contributed by atoms with Gasteiger partial charge in [0.05, 0.1) is 11.5 Å². The zero-order valence-corrected chi connectivity index (χ0v) is 8.96. The molecule has 0 heterocycles. The fourth-order valence-electron chi connectivity index (χ4n) is 0.312. The molecule has 0 spiro atoms. The highest BCUT2D eigenvalue weighted by Gasteiger charge is 2.35. The lowest BCUT2D eigenvalue weighted by molar-refractivity contribution is 0.372. The molecule has 2 N–H and O–H groups in total. The second-order valence-electron chi connectivity index (χ2n) is 1.86. The topological polar surface area (TPSA) is 57.5 Å². The minimum Gasteiger partial charge on any atom is -0.324 e. The summed E-state index contributed by atoms with van der Waals surface area (Å²) in [6, 6.07) is 0. The predicted octanol–water partition coefficient (Wildman–Crippen LogP) is 2.14. The van der Waals surface area contributed by atoms with Crippen LogP contribution in [-0.4, -0.2) is 25.1 Å². The molecule has 3 nitrogen and oxygen atoms in total. The van der Waals surface area contributed by atoms with Gasteiger partial charge < -0.3 is 9.79 Å². The zero-order chi connectivity index (χ0) is 9.28. The molecule has 0 bridgehead atoms. The molecule has 0 fully saturated rings. The molecule has 1 unspecified atom stereocenters. The normalized spacial score (nSPS) is 16.5. The van der Waals surface area contributed by atoms with Crippen molar-refractivity contribution in [2.75, 3.05) is 6.16 Å². The van der Waals surface area contributed by atoms with Crippen LogP contribution in [0.25, 0.3) is 0 Å². The van der Waals surface area contributed by atoms with E-state index in [4.69, 9.17) is 56.2 Å². The van der Waals surface area contributed by atoms with Gasteiger partial charge in [0.2, 0.25) is 3.79 Å². The van der Waals surface area contributed by atoms with Crippen molar-refractivity contribution >= 4 is 54.0 Å². The van der Waals surface area contributed by atoms with Crippen molar-refractivity contribution in [1.82, 2.24) is 0 Å². The van der Waals surface area contributed by atoms with Gasteiger partial charge in [-0.3, -0.25) is 4.57 Å². The first-order chi connectivity index (χ1) is 4.63. The van der Waals surface area contributed by atoms with Crippen molar-refractivity contribution < 1.29 is 14.4 Å². The molecule has 0 aliphatic carbocycles. The summed E-state index contributed by atoms with van der Waals surface area (Å²) in [6.45, 7) is 0. The highest BCUT2D eigenvalue weighted by Crippen LogP contribution is 2.43. The van der Waals surface area contributed by atoms with Gasteiger partial charge in [-0.05, 0) is 0 Å². The molecule has 1 atom stereocenters. The van der Waals surface area contributed by atoms with Crippen LogP contribution < -0.4 is 0 Å². The molecule has 0 aromatic carbocycles. The Morgan fingerprint density at radius 2 is 1.73 bits per heavy atom. The summed E-state index contributed by atoms with van der Waals surface area (Å²) in [7, 11) is -4.20. The summed E-state index contributed by atoms with van der Waals surface area (Å²) in [5.41, 5.74) is 0. The van der Waals surface area contributed by atoms with E-state index in [0.29, 0.717) is 0 Å². The Hall–Kier alpha value is 1.31. The predicted molar refractivity (Wildman–Crippen MR) is 46.8 cm³/mol. The quantitative estimate of drug-likeness (QED) is 0.592. The number of halogens is 4. The highest BCUT2D eigenvalue weighted by molar-refractivity contribution is 7.52. The fourth-order valence-corrected chi connectivity index (χ4v) is 2.10. The number of hydrogen-bond acceptors (Lipinski definition) is 1. The monoisotopic (exact) mass is 260 g/mol. The first-order valence-corrected chi connectivity index (χ1v) is 5.75. The van der Waals surface area contributed by atoms with Gasteiger partial charge in [0.25, 0.3) is 0 Å². The lowest BCUT2D eigenvalue weighted by atomic mass is 10.5. The maximum atomic E-state index is 10.3. The van der Waals surface area contributed by atoms with Gasteiger partial charge in [0, 0.05) is 0 Å². The van der Waals surface area contributed by atoms with E-state index in [1.54, 1.807) is 0 Å². The van der Waals surface area contributed by atoms with E-state index < -0.39 is 22.9 Å². The van der Waals surface area contributed by atoms with Crippen molar-refractivity contribution in [2.45, 2.75) is 9.17 Å². The largest absolute Gasteiger partial charge is 0.327 e. The van der Waals surface area contributed by atoms with Crippen LogP contribution in [0.2, 0.25) is 0 Å². The van der Waals surface area contributed by atoms with Gasteiger partial charge in [0.15, 0.2) is 0 Å². The molecule has 11 heavy (non-hydrogen) atoms. The SMILES string of the molecule is O=P(O)(O)CC(Cl)C(Cl)(Cl)Cl. The minimum absolute atomic E-state index is 0.648. The number of rotatable bonds is 2.